The van der Waals surface area contributed by atoms with E-state index in [2.05, 4.69) is 25.6 Å². The molecule has 0 saturated carbocycles. The molecule has 3 heterocycles. The zero-order chi connectivity index (χ0) is 29.3. The zero-order valence-corrected chi connectivity index (χ0v) is 23.5. The van der Waals surface area contributed by atoms with Gasteiger partial charge in [0.1, 0.15) is 5.69 Å². The van der Waals surface area contributed by atoms with Gasteiger partial charge in [0, 0.05) is 55.4 Å². The summed E-state index contributed by atoms with van der Waals surface area (Å²) in [6.45, 7) is 7.15. The molecule has 2 aromatic heterocycles. The van der Waals surface area contributed by atoms with Crippen molar-refractivity contribution in [3.05, 3.63) is 71.2 Å². The molecule has 216 valence electrons. The lowest BCUT2D eigenvalue weighted by Gasteiger charge is -2.24. The third-order valence-corrected chi connectivity index (χ3v) is 7.62. The van der Waals surface area contributed by atoms with Gasteiger partial charge in [-0.1, -0.05) is 11.3 Å². The van der Waals surface area contributed by atoms with Gasteiger partial charge in [0.25, 0.3) is 5.91 Å². The van der Waals surface area contributed by atoms with Gasteiger partial charge in [-0.3, -0.25) is 9.48 Å². The van der Waals surface area contributed by atoms with E-state index in [1.54, 1.807) is 45.8 Å². The Balaban J connectivity index is 1.38. The normalized spacial score (nSPS) is 14.0. The molecule has 2 aromatic carbocycles. The fraction of sp³-hybridized carbons (Fsp3) is 0.379. The van der Waals surface area contributed by atoms with Gasteiger partial charge in [-0.05, 0) is 75.7 Å². The molecule has 12 heteroatoms. The molecule has 1 N–H and O–H groups in total. The molecule has 0 aliphatic carbocycles. The minimum Gasteiger partial charge on any atom is -0.373 e. The average Bonchev–Trinajstić information content (AvgIpc) is 3.70. The van der Waals surface area contributed by atoms with E-state index in [9.17, 15) is 18.0 Å². The summed E-state index contributed by atoms with van der Waals surface area (Å²) in [6, 6.07) is 8.73. The zero-order valence-electron chi connectivity index (χ0n) is 23.5. The Morgan fingerprint density at radius 3 is 2.54 bits per heavy atom. The van der Waals surface area contributed by atoms with Crippen molar-refractivity contribution in [2.45, 2.75) is 32.9 Å². The number of rotatable bonds is 8. The molecule has 41 heavy (non-hydrogen) atoms. The fourth-order valence-electron chi connectivity index (χ4n) is 4.95. The summed E-state index contributed by atoms with van der Waals surface area (Å²) < 4.78 is 44.7. The predicted molar refractivity (Wildman–Crippen MR) is 151 cm³/mol. The largest absolute Gasteiger partial charge is 0.416 e. The maximum absolute atomic E-state index is 13.8. The van der Waals surface area contributed by atoms with Crippen LogP contribution in [0.4, 0.5) is 24.5 Å². The van der Waals surface area contributed by atoms with E-state index in [1.807, 2.05) is 27.0 Å². The Bertz CT molecular complexity index is 1550. The predicted octanol–water partition coefficient (Wildman–Crippen LogP) is 5.09. The molecule has 1 aliphatic rings. The molecular weight excluding hydrogens is 533 g/mol. The number of alkyl halides is 3. The molecule has 5 rings (SSSR count). The number of aryl methyl sites for hydroxylation is 2. The summed E-state index contributed by atoms with van der Waals surface area (Å²) in [4.78, 5) is 17.3. The first-order valence-electron chi connectivity index (χ1n) is 13.5. The second-order valence-electron chi connectivity index (χ2n) is 10.5. The van der Waals surface area contributed by atoms with Gasteiger partial charge in [-0.25, -0.2) is 4.68 Å². The molecule has 0 radical (unpaired) electrons. The van der Waals surface area contributed by atoms with E-state index < -0.39 is 17.6 Å². The number of benzene rings is 2. The summed E-state index contributed by atoms with van der Waals surface area (Å²) in [5.41, 5.74) is 3.83. The molecule has 1 amide bonds. The maximum Gasteiger partial charge on any atom is 0.416 e. The van der Waals surface area contributed by atoms with Gasteiger partial charge in [0.15, 0.2) is 0 Å². The third kappa shape index (κ3) is 6.27. The van der Waals surface area contributed by atoms with Gasteiger partial charge < -0.3 is 15.1 Å². The van der Waals surface area contributed by atoms with Gasteiger partial charge in [0.05, 0.1) is 23.6 Å². The number of hydrogen-bond donors (Lipinski definition) is 1. The van der Waals surface area contributed by atoms with E-state index in [-0.39, 0.29) is 5.56 Å². The van der Waals surface area contributed by atoms with Crippen molar-refractivity contribution in [3.63, 3.8) is 0 Å². The molecule has 9 nitrogen and oxygen atoms in total. The Morgan fingerprint density at radius 2 is 1.85 bits per heavy atom. The highest BCUT2D eigenvalue weighted by molar-refractivity contribution is 6.05. The SMILES string of the molecule is Cc1ccc(NC(=O)c2cc(N(C)CCN3CCCC3)cc(C(F)(F)F)c2)cc1-n1cc(-c2cnn(C)c2C)nn1. The third-order valence-electron chi connectivity index (χ3n) is 7.62. The second kappa shape index (κ2) is 11.4. The average molecular weight is 567 g/mol. The number of likely N-dealkylation sites (tertiary alicyclic amines) is 1. The number of aromatic nitrogens is 5. The standard InChI is InChI=1S/C29H33F3N8O/c1-19-7-8-23(16-27(19)40-18-26(35-36-40)25-17-33-38(4)20(25)2)34-28(41)21-13-22(29(30,31)32)15-24(14-21)37(3)11-12-39-9-5-6-10-39/h7-8,13-18H,5-6,9-12H2,1-4H3,(H,34,41). The maximum atomic E-state index is 13.8. The number of hydrogen-bond acceptors (Lipinski definition) is 6. The molecular formula is C29H33F3N8O. The second-order valence-corrected chi connectivity index (χ2v) is 10.5. The van der Waals surface area contributed by atoms with E-state index in [0.717, 1.165) is 61.4 Å². The van der Waals surface area contributed by atoms with Crippen LogP contribution in [0.25, 0.3) is 16.9 Å². The number of nitrogens with one attached hydrogen (secondary N) is 1. The van der Waals surface area contributed by atoms with Crippen molar-refractivity contribution < 1.29 is 18.0 Å². The molecule has 0 atom stereocenters. The highest BCUT2D eigenvalue weighted by atomic mass is 19.4. The van der Waals surface area contributed by atoms with Gasteiger partial charge in [0.2, 0.25) is 0 Å². The summed E-state index contributed by atoms with van der Waals surface area (Å²) in [7, 11) is 3.60. The van der Waals surface area contributed by atoms with Crippen LogP contribution in [0.5, 0.6) is 0 Å². The summed E-state index contributed by atoms with van der Waals surface area (Å²) in [6.07, 6.45) is 1.19. The van der Waals surface area contributed by atoms with Crippen LogP contribution < -0.4 is 10.2 Å². The number of anilines is 2. The quantitative estimate of drug-likeness (QED) is 0.320. The van der Waals surface area contributed by atoms with Crippen molar-refractivity contribution in [3.8, 4) is 16.9 Å². The molecule has 4 aromatic rings. The van der Waals surface area contributed by atoms with E-state index >= 15 is 0 Å². The van der Waals surface area contributed by atoms with Crippen molar-refractivity contribution >= 4 is 17.3 Å². The van der Waals surface area contributed by atoms with Gasteiger partial charge in [-0.15, -0.1) is 5.10 Å². The number of carbonyl (C=O) groups is 1. The summed E-state index contributed by atoms with van der Waals surface area (Å²) in [5.74, 6) is -0.634. The lowest BCUT2D eigenvalue weighted by atomic mass is 10.1. The number of amides is 1. The van der Waals surface area contributed by atoms with Crippen molar-refractivity contribution in [1.29, 1.82) is 0 Å². The smallest absolute Gasteiger partial charge is 0.373 e. The number of nitrogens with zero attached hydrogens (tertiary/aromatic N) is 7. The fourth-order valence-corrected chi connectivity index (χ4v) is 4.95. The Hall–Kier alpha value is -4.19. The van der Waals surface area contributed by atoms with Crippen molar-refractivity contribution in [1.82, 2.24) is 29.7 Å². The Kier molecular flexibility index (Phi) is 7.85. The first kappa shape index (κ1) is 28.3. The minimum absolute atomic E-state index is 0.0694. The molecule has 0 bridgehead atoms. The van der Waals surface area contributed by atoms with Crippen molar-refractivity contribution in [2.75, 3.05) is 43.4 Å². The molecule has 0 unspecified atom stereocenters. The molecule has 1 saturated heterocycles. The van der Waals surface area contributed by atoms with Crippen LogP contribution in [0, 0.1) is 13.8 Å². The van der Waals surface area contributed by atoms with Crippen LogP contribution in [0.15, 0.2) is 48.8 Å². The number of likely N-dealkylation sites (N-methyl/N-ethyl adjacent to an activating group) is 1. The van der Waals surface area contributed by atoms with E-state index in [4.69, 9.17) is 0 Å². The first-order valence-corrected chi connectivity index (χ1v) is 13.5. The lowest BCUT2D eigenvalue weighted by molar-refractivity contribution is -0.137. The Labute approximate surface area is 236 Å². The van der Waals surface area contributed by atoms with E-state index in [1.165, 1.54) is 6.07 Å². The van der Waals surface area contributed by atoms with Crippen LogP contribution in [-0.4, -0.2) is 68.8 Å². The van der Waals surface area contributed by atoms with Crippen LogP contribution in [-0.2, 0) is 13.2 Å². The lowest BCUT2D eigenvalue weighted by Crippen LogP contribution is -2.31. The van der Waals surface area contributed by atoms with Crippen LogP contribution >= 0.6 is 0 Å². The van der Waals surface area contributed by atoms with Crippen LogP contribution in [0.1, 0.15) is 40.0 Å². The minimum atomic E-state index is -4.59. The Morgan fingerprint density at radius 1 is 1.10 bits per heavy atom. The molecule has 1 aliphatic heterocycles. The van der Waals surface area contributed by atoms with E-state index in [0.29, 0.717) is 29.3 Å². The van der Waals surface area contributed by atoms with Crippen LogP contribution in [0.3, 0.4) is 0 Å². The first-order chi connectivity index (χ1) is 19.5. The van der Waals surface area contributed by atoms with Gasteiger partial charge >= 0.3 is 6.18 Å². The van der Waals surface area contributed by atoms with Crippen LogP contribution in [0.2, 0.25) is 0 Å². The van der Waals surface area contributed by atoms with Gasteiger partial charge in [-0.2, -0.15) is 18.3 Å². The summed E-state index contributed by atoms with van der Waals surface area (Å²) in [5, 5.41) is 15.5. The highest BCUT2D eigenvalue weighted by Crippen LogP contribution is 2.33. The molecule has 1 fully saturated rings. The topological polar surface area (TPSA) is 84.1 Å². The van der Waals surface area contributed by atoms with Crippen molar-refractivity contribution in [2.24, 2.45) is 7.05 Å². The highest BCUT2D eigenvalue weighted by Gasteiger charge is 2.32. The number of carbonyl (C=O) groups excluding carboxylic acids is 1. The molecule has 0 spiro atoms. The monoisotopic (exact) mass is 566 g/mol. The number of halogens is 3. The summed E-state index contributed by atoms with van der Waals surface area (Å²) >= 11 is 0.